The van der Waals surface area contributed by atoms with Crippen LogP contribution in [-0.2, 0) is 4.79 Å². The van der Waals surface area contributed by atoms with E-state index in [1.54, 1.807) is 0 Å². The molecule has 2 fully saturated rings. The summed E-state index contributed by atoms with van der Waals surface area (Å²) in [7, 11) is 0. The molecule has 0 aromatic heterocycles. The summed E-state index contributed by atoms with van der Waals surface area (Å²) in [6.07, 6.45) is 9.68. The van der Waals surface area contributed by atoms with Crippen LogP contribution in [0.1, 0.15) is 51.9 Å². The van der Waals surface area contributed by atoms with Gasteiger partial charge in [0.2, 0.25) is 0 Å². The fourth-order valence-corrected chi connectivity index (χ4v) is 3.94. The second-order valence-corrected chi connectivity index (χ2v) is 6.43. The molecule has 0 spiro atoms. The minimum atomic E-state index is 0.213. The molecule has 2 nitrogen and oxygen atoms in total. The molecule has 0 heterocycles. The molecular weight excluding hydrogens is 212 g/mol. The first-order valence-electron chi connectivity index (χ1n) is 7.29. The summed E-state index contributed by atoms with van der Waals surface area (Å²) in [6, 6.07) is 0. The zero-order valence-corrected chi connectivity index (χ0v) is 11.0. The Morgan fingerprint density at radius 2 is 1.76 bits per heavy atom. The zero-order valence-electron chi connectivity index (χ0n) is 11.0. The van der Waals surface area contributed by atoms with E-state index in [4.69, 9.17) is 0 Å². The molecule has 0 aromatic carbocycles. The Kier molecular flexibility index (Phi) is 4.61. The Morgan fingerprint density at radius 3 is 2.35 bits per heavy atom. The molecule has 0 saturated heterocycles. The van der Waals surface area contributed by atoms with Gasteiger partial charge >= 0.3 is 0 Å². The van der Waals surface area contributed by atoms with Crippen molar-refractivity contribution in [2.45, 2.75) is 51.9 Å². The normalized spacial score (nSPS) is 43.3. The fraction of sp³-hybridized carbons (Fsp3) is 0.933. The Hall–Kier alpha value is -0.370. The van der Waals surface area contributed by atoms with E-state index in [0.717, 1.165) is 37.4 Å². The van der Waals surface area contributed by atoms with Crippen LogP contribution in [0.25, 0.3) is 0 Å². The molecule has 1 N–H and O–H groups in total. The van der Waals surface area contributed by atoms with E-state index < -0.39 is 0 Å². The zero-order chi connectivity index (χ0) is 12.3. The van der Waals surface area contributed by atoms with E-state index in [0.29, 0.717) is 11.8 Å². The van der Waals surface area contributed by atoms with Crippen molar-refractivity contribution >= 4 is 6.29 Å². The van der Waals surface area contributed by atoms with Gasteiger partial charge in [0.15, 0.2) is 0 Å². The average molecular weight is 238 g/mol. The maximum Gasteiger partial charge on any atom is 0.123 e. The van der Waals surface area contributed by atoms with E-state index in [1.165, 1.54) is 25.7 Å². The molecule has 2 saturated carbocycles. The average Bonchev–Trinajstić information content (AvgIpc) is 2.39. The topological polar surface area (TPSA) is 37.3 Å². The second kappa shape index (κ2) is 5.99. The van der Waals surface area contributed by atoms with E-state index in [1.807, 2.05) is 0 Å². The van der Waals surface area contributed by atoms with Crippen LogP contribution in [0.2, 0.25) is 0 Å². The second-order valence-electron chi connectivity index (χ2n) is 6.43. The highest BCUT2D eigenvalue weighted by atomic mass is 16.3. The molecule has 0 amide bonds. The number of carbonyl (C=O) groups excluding carboxylic acids is 1. The van der Waals surface area contributed by atoms with Crippen molar-refractivity contribution in [3.63, 3.8) is 0 Å². The van der Waals surface area contributed by atoms with Crippen LogP contribution < -0.4 is 0 Å². The molecule has 98 valence electrons. The molecular formula is C15H26O2. The highest BCUT2D eigenvalue weighted by molar-refractivity contribution is 5.53. The van der Waals surface area contributed by atoms with Gasteiger partial charge in [0.1, 0.15) is 6.29 Å². The maximum atomic E-state index is 11.0. The lowest BCUT2D eigenvalue weighted by molar-refractivity contribution is -0.113. The quantitative estimate of drug-likeness (QED) is 0.767. The Morgan fingerprint density at radius 1 is 1.06 bits per heavy atom. The van der Waals surface area contributed by atoms with E-state index in [2.05, 4.69) is 6.92 Å². The van der Waals surface area contributed by atoms with Gasteiger partial charge in [0.25, 0.3) is 0 Å². The maximum absolute atomic E-state index is 11.0. The third-order valence-corrected chi connectivity index (χ3v) is 5.06. The van der Waals surface area contributed by atoms with Gasteiger partial charge in [0, 0.05) is 12.5 Å². The molecule has 2 unspecified atom stereocenters. The van der Waals surface area contributed by atoms with Gasteiger partial charge in [-0.1, -0.05) is 19.8 Å². The van der Waals surface area contributed by atoms with Crippen molar-refractivity contribution < 1.29 is 9.90 Å². The molecule has 2 aliphatic rings. The van der Waals surface area contributed by atoms with Gasteiger partial charge in [-0.2, -0.15) is 0 Å². The lowest BCUT2D eigenvalue weighted by Gasteiger charge is -2.39. The lowest BCUT2D eigenvalue weighted by atomic mass is 9.66. The van der Waals surface area contributed by atoms with Crippen molar-refractivity contribution in [1.82, 2.24) is 0 Å². The number of hydrogen-bond donors (Lipinski definition) is 1. The SMILES string of the molecule is CC1CCC(C2CC(CO)C[C@H](C=O)C2)CC1. The number of aldehydes is 1. The van der Waals surface area contributed by atoms with E-state index >= 15 is 0 Å². The van der Waals surface area contributed by atoms with Crippen LogP contribution in [0, 0.1) is 29.6 Å². The summed E-state index contributed by atoms with van der Waals surface area (Å²) in [5.74, 6) is 3.01. The lowest BCUT2D eigenvalue weighted by Crippen LogP contribution is -2.31. The van der Waals surface area contributed by atoms with Gasteiger partial charge in [-0.05, 0) is 55.8 Å². The first-order valence-corrected chi connectivity index (χ1v) is 7.29. The van der Waals surface area contributed by atoms with Crippen LogP contribution in [0.3, 0.4) is 0 Å². The minimum absolute atomic E-state index is 0.213. The summed E-state index contributed by atoms with van der Waals surface area (Å²) in [5, 5.41) is 9.35. The third-order valence-electron chi connectivity index (χ3n) is 5.06. The molecule has 3 atom stereocenters. The van der Waals surface area contributed by atoms with Crippen molar-refractivity contribution in [3.8, 4) is 0 Å². The summed E-state index contributed by atoms with van der Waals surface area (Å²) in [5.41, 5.74) is 0. The van der Waals surface area contributed by atoms with Gasteiger partial charge in [0.05, 0.1) is 0 Å². The Balaban J connectivity index is 1.92. The molecule has 0 aromatic rings. The van der Waals surface area contributed by atoms with Gasteiger partial charge < -0.3 is 9.90 Å². The Bertz CT molecular complexity index is 243. The van der Waals surface area contributed by atoms with Crippen LogP contribution in [0.4, 0.5) is 0 Å². The standard InChI is InChI=1S/C15H26O2/c1-11-2-4-14(5-3-11)15-7-12(9-16)6-13(8-15)10-17/h9,11-15,17H,2-8,10H2,1H3/t11?,12-,13?,14?,15?/m0/s1. The van der Waals surface area contributed by atoms with Gasteiger partial charge in [-0.25, -0.2) is 0 Å². The van der Waals surface area contributed by atoms with E-state index in [-0.39, 0.29) is 12.5 Å². The fourth-order valence-electron chi connectivity index (χ4n) is 3.94. The summed E-state index contributed by atoms with van der Waals surface area (Å²) >= 11 is 0. The van der Waals surface area contributed by atoms with Gasteiger partial charge in [-0.15, -0.1) is 0 Å². The van der Waals surface area contributed by atoms with Crippen molar-refractivity contribution in [3.05, 3.63) is 0 Å². The molecule has 0 radical (unpaired) electrons. The molecule has 0 bridgehead atoms. The highest BCUT2D eigenvalue weighted by Crippen LogP contribution is 2.42. The Labute approximate surface area is 105 Å². The molecule has 2 rings (SSSR count). The smallest absolute Gasteiger partial charge is 0.123 e. The van der Waals surface area contributed by atoms with Crippen LogP contribution in [0.5, 0.6) is 0 Å². The number of carbonyl (C=O) groups is 1. The number of aliphatic hydroxyl groups excluding tert-OH is 1. The summed E-state index contributed by atoms with van der Waals surface area (Å²) in [6.45, 7) is 2.62. The van der Waals surface area contributed by atoms with Crippen molar-refractivity contribution in [1.29, 1.82) is 0 Å². The first-order chi connectivity index (χ1) is 8.22. The van der Waals surface area contributed by atoms with Gasteiger partial charge in [-0.3, -0.25) is 0 Å². The molecule has 2 heteroatoms. The predicted molar refractivity (Wildman–Crippen MR) is 68.6 cm³/mol. The third kappa shape index (κ3) is 3.31. The van der Waals surface area contributed by atoms with Crippen LogP contribution in [0.15, 0.2) is 0 Å². The van der Waals surface area contributed by atoms with Crippen LogP contribution in [-0.4, -0.2) is 18.0 Å². The summed E-state index contributed by atoms with van der Waals surface area (Å²) < 4.78 is 0. The molecule has 2 aliphatic carbocycles. The van der Waals surface area contributed by atoms with E-state index in [9.17, 15) is 9.90 Å². The number of rotatable bonds is 3. The number of aliphatic hydroxyl groups is 1. The molecule has 0 aliphatic heterocycles. The minimum Gasteiger partial charge on any atom is -0.396 e. The first kappa shape index (κ1) is 13.1. The van der Waals surface area contributed by atoms with Crippen LogP contribution >= 0.6 is 0 Å². The molecule has 17 heavy (non-hydrogen) atoms. The summed E-state index contributed by atoms with van der Waals surface area (Å²) in [4.78, 5) is 11.0. The monoisotopic (exact) mass is 238 g/mol. The predicted octanol–water partition coefficient (Wildman–Crippen LogP) is 3.04. The largest absolute Gasteiger partial charge is 0.396 e. The highest BCUT2D eigenvalue weighted by Gasteiger charge is 2.34. The van der Waals surface area contributed by atoms with Crippen molar-refractivity contribution in [2.24, 2.45) is 29.6 Å². The number of hydrogen-bond acceptors (Lipinski definition) is 2. The van der Waals surface area contributed by atoms with Crippen molar-refractivity contribution in [2.75, 3.05) is 6.61 Å².